The van der Waals surface area contributed by atoms with Crippen molar-refractivity contribution in [3.05, 3.63) is 52.8 Å². The molecule has 2 aromatic rings. The summed E-state index contributed by atoms with van der Waals surface area (Å²) >= 11 is 5.95. The first-order chi connectivity index (χ1) is 11.1. The molecule has 0 radical (unpaired) electrons. The van der Waals surface area contributed by atoms with Crippen molar-refractivity contribution in [2.24, 2.45) is 0 Å². The third kappa shape index (κ3) is 3.82. The number of amides is 1. The molecule has 0 aliphatic carbocycles. The highest BCUT2D eigenvalue weighted by atomic mass is 35.5. The number of benzene rings is 1. The molecule has 1 aliphatic heterocycles. The van der Waals surface area contributed by atoms with E-state index in [2.05, 4.69) is 15.2 Å². The van der Waals surface area contributed by atoms with E-state index in [-0.39, 0.29) is 5.91 Å². The zero-order valence-corrected chi connectivity index (χ0v) is 13.9. The van der Waals surface area contributed by atoms with Crippen molar-refractivity contribution in [3.8, 4) is 0 Å². The van der Waals surface area contributed by atoms with Gasteiger partial charge in [0.2, 0.25) is 0 Å². The Labute approximate surface area is 141 Å². The summed E-state index contributed by atoms with van der Waals surface area (Å²) in [6, 6.07) is 9.24. The quantitative estimate of drug-likeness (QED) is 0.913. The van der Waals surface area contributed by atoms with E-state index in [4.69, 9.17) is 11.6 Å². The number of hydrogen-bond acceptors (Lipinski definition) is 3. The molecular formula is C18H20ClN3O. The van der Waals surface area contributed by atoms with Gasteiger partial charge in [-0.25, -0.2) is 0 Å². The summed E-state index contributed by atoms with van der Waals surface area (Å²) in [5.41, 5.74) is 3.18. The van der Waals surface area contributed by atoms with E-state index in [0.29, 0.717) is 10.7 Å². The minimum absolute atomic E-state index is 0.200. The third-order valence-electron chi connectivity index (χ3n) is 4.13. The molecule has 0 bridgehead atoms. The largest absolute Gasteiger partial charge is 0.371 e. The number of nitrogens with one attached hydrogen (secondary N) is 1. The fourth-order valence-electron chi connectivity index (χ4n) is 2.85. The lowest BCUT2D eigenvalue weighted by molar-refractivity contribution is 0.102. The Morgan fingerprint density at radius 3 is 2.70 bits per heavy atom. The molecule has 1 fully saturated rings. The van der Waals surface area contributed by atoms with Gasteiger partial charge in [-0.1, -0.05) is 11.6 Å². The molecule has 1 N–H and O–H groups in total. The molecule has 1 aromatic heterocycles. The third-order valence-corrected chi connectivity index (χ3v) is 4.37. The molecule has 1 amide bonds. The lowest BCUT2D eigenvalue weighted by atomic mass is 10.1. The molecule has 0 spiro atoms. The first-order valence-corrected chi connectivity index (χ1v) is 8.30. The maximum Gasteiger partial charge on any atom is 0.274 e. The summed E-state index contributed by atoms with van der Waals surface area (Å²) in [6.45, 7) is 4.00. The second kappa shape index (κ2) is 7.01. The van der Waals surface area contributed by atoms with Crippen LogP contribution in [0.25, 0.3) is 0 Å². The summed E-state index contributed by atoms with van der Waals surface area (Å²) < 4.78 is 0. The first kappa shape index (κ1) is 15.8. The number of aryl methyl sites for hydroxylation is 1. The van der Waals surface area contributed by atoms with Crippen molar-refractivity contribution >= 4 is 28.9 Å². The van der Waals surface area contributed by atoms with Crippen LogP contribution in [0.3, 0.4) is 0 Å². The van der Waals surface area contributed by atoms with Gasteiger partial charge in [-0.05, 0) is 62.1 Å². The van der Waals surface area contributed by atoms with Crippen LogP contribution in [0.5, 0.6) is 0 Å². The Balaban J connectivity index is 1.76. The smallest absolute Gasteiger partial charge is 0.274 e. The molecular weight excluding hydrogens is 310 g/mol. The van der Waals surface area contributed by atoms with Crippen LogP contribution in [-0.4, -0.2) is 24.0 Å². The van der Waals surface area contributed by atoms with Crippen molar-refractivity contribution < 1.29 is 4.79 Å². The number of piperidine rings is 1. The van der Waals surface area contributed by atoms with Crippen LogP contribution in [0.4, 0.5) is 11.4 Å². The summed E-state index contributed by atoms with van der Waals surface area (Å²) in [6.07, 6.45) is 5.39. The van der Waals surface area contributed by atoms with Crippen molar-refractivity contribution in [1.82, 2.24) is 4.98 Å². The van der Waals surface area contributed by atoms with E-state index < -0.39 is 0 Å². The normalized spacial score (nSPS) is 14.6. The van der Waals surface area contributed by atoms with Gasteiger partial charge in [0.25, 0.3) is 5.91 Å². The predicted octanol–water partition coefficient (Wildman–Crippen LogP) is 4.29. The second-order valence-electron chi connectivity index (χ2n) is 5.86. The lowest BCUT2D eigenvalue weighted by Crippen LogP contribution is -2.29. The van der Waals surface area contributed by atoms with Crippen LogP contribution in [0.1, 0.15) is 35.3 Å². The average Bonchev–Trinajstić information content (AvgIpc) is 2.58. The molecule has 3 rings (SSSR count). The molecule has 4 nitrogen and oxygen atoms in total. The number of carbonyl (C=O) groups excluding carboxylic acids is 1. The zero-order valence-electron chi connectivity index (χ0n) is 13.2. The molecule has 0 unspecified atom stereocenters. The number of rotatable bonds is 3. The standard InChI is InChI=1S/C18H20ClN3O/c1-13-11-14(19)5-6-16(13)21-18(23)17-12-15(7-8-20-17)22-9-3-2-4-10-22/h5-8,11-12H,2-4,9-10H2,1H3,(H,21,23). The van der Waals surface area contributed by atoms with E-state index in [1.54, 1.807) is 12.3 Å². The molecule has 0 saturated carbocycles. The fraction of sp³-hybridized carbons (Fsp3) is 0.333. The van der Waals surface area contributed by atoms with E-state index in [9.17, 15) is 4.79 Å². The molecule has 2 heterocycles. The average molecular weight is 330 g/mol. The number of carbonyl (C=O) groups is 1. The van der Waals surface area contributed by atoms with E-state index in [1.807, 2.05) is 31.2 Å². The Kier molecular flexibility index (Phi) is 4.82. The van der Waals surface area contributed by atoms with Crippen LogP contribution in [0.2, 0.25) is 5.02 Å². The fourth-order valence-corrected chi connectivity index (χ4v) is 3.07. The first-order valence-electron chi connectivity index (χ1n) is 7.92. The van der Waals surface area contributed by atoms with Crippen LogP contribution in [-0.2, 0) is 0 Å². The van der Waals surface area contributed by atoms with Crippen molar-refractivity contribution in [2.45, 2.75) is 26.2 Å². The number of pyridine rings is 1. The van der Waals surface area contributed by atoms with Crippen molar-refractivity contribution in [3.63, 3.8) is 0 Å². The lowest BCUT2D eigenvalue weighted by Gasteiger charge is -2.28. The molecule has 1 aliphatic rings. The SMILES string of the molecule is Cc1cc(Cl)ccc1NC(=O)c1cc(N2CCCCC2)ccn1. The minimum atomic E-state index is -0.200. The monoisotopic (exact) mass is 329 g/mol. The summed E-state index contributed by atoms with van der Waals surface area (Å²) in [5, 5.41) is 3.56. The second-order valence-corrected chi connectivity index (χ2v) is 6.30. The van der Waals surface area contributed by atoms with Crippen LogP contribution in [0, 0.1) is 6.92 Å². The highest BCUT2D eigenvalue weighted by Crippen LogP contribution is 2.22. The van der Waals surface area contributed by atoms with Crippen LogP contribution >= 0.6 is 11.6 Å². The highest BCUT2D eigenvalue weighted by Gasteiger charge is 2.14. The van der Waals surface area contributed by atoms with Gasteiger partial charge >= 0.3 is 0 Å². The zero-order chi connectivity index (χ0) is 16.2. The summed E-state index contributed by atoms with van der Waals surface area (Å²) in [7, 11) is 0. The van der Waals surface area contributed by atoms with Gasteiger partial charge in [0.05, 0.1) is 0 Å². The highest BCUT2D eigenvalue weighted by molar-refractivity contribution is 6.30. The summed E-state index contributed by atoms with van der Waals surface area (Å²) in [5.74, 6) is -0.200. The Morgan fingerprint density at radius 2 is 1.96 bits per heavy atom. The maximum absolute atomic E-state index is 12.5. The number of anilines is 2. The molecule has 23 heavy (non-hydrogen) atoms. The maximum atomic E-state index is 12.5. The minimum Gasteiger partial charge on any atom is -0.371 e. The van der Waals surface area contributed by atoms with Gasteiger partial charge in [0.1, 0.15) is 5.69 Å². The van der Waals surface area contributed by atoms with Crippen molar-refractivity contribution in [2.75, 3.05) is 23.3 Å². The topological polar surface area (TPSA) is 45.2 Å². The van der Waals surface area contributed by atoms with Gasteiger partial charge in [-0.3, -0.25) is 9.78 Å². The van der Waals surface area contributed by atoms with Gasteiger partial charge in [0.15, 0.2) is 0 Å². The van der Waals surface area contributed by atoms with Gasteiger partial charge in [-0.2, -0.15) is 0 Å². The Bertz CT molecular complexity index is 711. The molecule has 1 saturated heterocycles. The van der Waals surface area contributed by atoms with Gasteiger partial charge in [0, 0.05) is 35.7 Å². The molecule has 5 heteroatoms. The Hall–Kier alpha value is -2.07. The number of nitrogens with zero attached hydrogens (tertiary/aromatic N) is 2. The van der Waals surface area contributed by atoms with Gasteiger partial charge < -0.3 is 10.2 Å². The van der Waals surface area contributed by atoms with Crippen LogP contribution in [0.15, 0.2) is 36.5 Å². The van der Waals surface area contributed by atoms with E-state index in [0.717, 1.165) is 30.0 Å². The Morgan fingerprint density at radius 1 is 1.17 bits per heavy atom. The predicted molar refractivity (Wildman–Crippen MR) is 94.4 cm³/mol. The van der Waals surface area contributed by atoms with Crippen LogP contribution < -0.4 is 10.2 Å². The number of aromatic nitrogens is 1. The van der Waals surface area contributed by atoms with E-state index >= 15 is 0 Å². The summed E-state index contributed by atoms with van der Waals surface area (Å²) in [4.78, 5) is 19.0. The molecule has 120 valence electrons. The van der Waals surface area contributed by atoms with Crippen molar-refractivity contribution in [1.29, 1.82) is 0 Å². The number of hydrogen-bond donors (Lipinski definition) is 1. The van der Waals surface area contributed by atoms with E-state index in [1.165, 1.54) is 19.3 Å². The number of halogens is 1. The molecule has 0 atom stereocenters. The van der Waals surface area contributed by atoms with Gasteiger partial charge in [-0.15, -0.1) is 0 Å². The molecule has 1 aromatic carbocycles.